The van der Waals surface area contributed by atoms with Crippen LogP contribution in [0, 0.1) is 6.92 Å². The molecule has 0 spiro atoms. The molecular formula is C20H26N2O2. The van der Waals surface area contributed by atoms with Crippen LogP contribution in [0.2, 0.25) is 0 Å². The van der Waals surface area contributed by atoms with Gasteiger partial charge in [0.2, 0.25) is 5.91 Å². The summed E-state index contributed by atoms with van der Waals surface area (Å²) in [5.74, 6) is 0.876. The number of amides is 1. The molecule has 1 atom stereocenters. The molecule has 4 heteroatoms. The van der Waals surface area contributed by atoms with Gasteiger partial charge in [-0.2, -0.15) is 0 Å². The monoisotopic (exact) mass is 326 g/mol. The third kappa shape index (κ3) is 4.59. The van der Waals surface area contributed by atoms with E-state index in [0.29, 0.717) is 13.1 Å². The lowest BCUT2D eigenvalue weighted by Crippen LogP contribution is -2.42. The number of carbonyl (C=O) groups excluding carboxylic acids is 1. The van der Waals surface area contributed by atoms with Crippen molar-refractivity contribution in [2.45, 2.75) is 33.0 Å². The molecule has 2 rings (SSSR count). The molecule has 0 aliphatic rings. The molecule has 128 valence electrons. The largest absolute Gasteiger partial charge is 0.496 e. The van der Waals surface area contributed by atoms with Crippen LogP contribution < -0.4 is 10.1 Å². The van der Waals surface area contributed by atoms with Gasteiger partial charge < -0.3 is 15.0 Å². The molecule has 0 fully saturated rings. The van der Waals surface area contributed by atoms with Crippen LogP contribution in [0.5, 0.6) is 5.75 Å². The fraction of sp³-hybridized carbons (Fsp3) is 0.350. The Morgan fingerprint density at radius 3 is 2.58 bits per heavy atom. The number of hydrogen-bond donors (Lipinski definition) is 1. The van der Waals surface area contributed by atoms with Gasteiger partial charge in [-0.1, -0.05) is 48.0 Å². The van der Waals surface area contributed by atoms with E-state index < -0.39 is 0 Å². The van der Waals surface area contributed by atoms with Crippen molar-refractivity contribution >= 4 is 5.91 Å². The molecule has 0 saturated heterocycles. The Morgan fingerprint density at radius 1 is 1.17 bits per heavy atom. The Hall–Kier alpha value is -2.33. The SMILES string of the molecule is CN[C@@H](C)C(=O)N(Cc1cccc(C)c1)Cc1ccccc1OC. The van der Waals surface area contributed by atoms with E-state index in [1.807, 2.05) is 42.2 Å². The Labute approximate surface area is 144 Å². The van der Waals surface area contributed by atoms with E-state index in [-0.39, 0.29) is 11.9 Å². The van der Waals surface area contributed by atoms with Gasteiger partial charge >= 0.3 is 0 Å². The molecule has 0 heterocycles. The lowest BCUT2D eigenvalue weighted by Gasteiger charge is -2.27. The van der Waals surface area contributed by atoms with Crippen LogP contribution in [0.25, 0.3) is 0 Å². The number of likely N-dealkylation sites (N-methyl/N-ethyl adjacent to an activating group) is 1. The lowest BCUT2D eigenvalue weighted by atomic mass is 10.1. The summed E-state index contributed by atoms with van der Waals surface area (Å²) in [6.45, 7) is 5.04. The van der Waals surface area contributed by atoms with E-state index in [9.17, 15) is 4.79 Å². The number of para-hydroxylation sites is 1. The Kier molecular flexibility index (Phi) is 6.38. The molecule has 2 aromatic carbocycles. The predicted octanol–water partition coefficient (Wildman–Crippen LogP) is 3.14. The van der Waals surface area contributed by atoms with Crippen LogP contribution in [-0.2, 0) is 17.9 Å². The first-order valence-electron chi connectivity index (χ1n) is 8.18. The molecule has 1 N–H and O–H groups in total. The highest BCUT2D eigenvalue weighted by molar-refractivity contribution is 5.81. The normalized spacial score (nSPS) is 11.8. The number of benzene rings is 2. The van der Waals surface area contributed by atoms with Crippen LogP contribution in [0.4, 0.5) is 0 Å². The first kappa shape index (κ1) is 18.0. The molecule has 0 aromatic heterocycles. The summed E-state index contributed by atoms with van der Waals surface area (Å²) in [5.41, 5.74) is 3.32. The summed E-state index contributed by atoms with van der Waals surface area (Å²) in [7, 11) is 3.46. The highest BCUT2D eigenvalue weighted by Gasteiger charge is 2.21. The fourth-order valence-electron chi connectivity index (χ4n) is 2.68. The van der Waals surface area contributed by atoms with Crippen LogP contribution in [0.3, 0.4) is 0 Å². The topological polar surface area (TPSA) is 41.6 Å². The van der Waals surface area contributed by atoms with Gasteiger partial charge in [-0.15, -0.1) is 0 Å². The average molecular weight is 326 g/mol. The summed E-state index contributed by atoms with van der Waals surface area (Å²) < 4.78 is 5.43. The van der Waals surface area contributed by atoms with Gasteiger partial charge in [0.1, 0.15) is 5.75 Å². The van der Waals surface area contributed by atoms with Crippen LogP contribution in [-0.4, -0.2) is 31.0 Å². The summed E-state index contributed by atoms with van der Waals surface area (Å²) >= 11 is 0. The van der Waals surface area contributed by atoms with E-state index in [1.165, 1.54) is 5.56 Å². The Balaban J connectivity index is 2.27. The van der Waals surface area contributed by atoms with Crippen molar-refractivity contribution in [2.75, 3.05) is 14.2 Å². The van der Waals surface area contributed by atoms with Crippen LogP contribution in [0.15, 0.2) is 48.5 Å². The number of methoxy groups -OCH3 is 1. The molecule has 0 unspecified atom stereocenters. The second-order valence-electron chi connectivity index (χ2n) is 6.01. The number of nitrogens with one attached hydrogen (secondary N) is 1. The van der Waals surface area contributed by atoms with E-state index >= 15 is 0 Å². The van der Waals surface area contributed by atoms with Gasteiger partial charge in [0, 0.05) is 18.7 Å². The number of hydrogen-bond acceptors (Lipinski definition) is 3. The van der Waals surface area contributed by atoms with Crippen molar-refractivity contribution in [2.24, 2.45) is 0 Å². The average Bonchev–Trinajstić information content (AvgIpc) is 2.60. The van der Waals surface area contributed by atoms with Gasteiger partial charge in [0.25, 0.3) is 0 Å². The third-order valence-corrected chi connectivity index (χ3v) is 4.12. The van der Waals surface area contributed by atoms with Crippen molar-refractivity contribution in [3.05, 3.63) is 65.2 Å². The maximum Gasteiger partial charge on any atom is 0.240 e. The maximum atomic E-state index is 12.8. The first-order valence-corrected chi connectivity index (χ1v) is 8.18. The molecule has 0 aliphatic heterocycles. The molecule has 4 nitrogen and oxygen atoms in total. The van der Waals surface area contributed by atoms with Gasteiger partial charge in [0.05, 0.1) is 13.2 Å². The number of carbonyl (C=O) groups is 1. The van der Waals surface area contributed by atoms with E-state index in [1.54, 1.807) is 14.2 Å². The van der Waals surface area contributed by atoms with E-state index in [2.05, 4.69) is 30.4 Å². The quantitative estimate of drug-likeness (QED) is 0.850. The van der Waals surface area contributed by atoms with Crippen LogP contribution in [0.1, 0.15) is 23.6 Å². The van der Waals surface area contributed by atoms with Gasteiger partial charge in [-0.3, -0.25) is 4.79 Å². The molecule has 24 heavy (non-hydrogen) atoms. The number of rotatable bonds is 7. The standard InChI is InChI=1S/C20H26N2O2/c1-15-8-7-9-17(12-15)13-22(20(23)16(2)21-3)14-18-10-5-6-11-19(18)24-4/h5-12,16,21H,13-14H2,1-4H3/t16-/m0/s1. The fourth-order valence-corrected chi connectivity index (χ4v) is 2.68. The minimum Gasteiger partial charge on any atom is -0.496 e. The van der Waals surface area contributed by atoms with Crippen LogP contribution >= 0.6 is 0 Å². The summed E-state index contributed by atoms with van der Waals surface area (Å²) in [6, 6.07) is 15.9. The molecule has 0 radical (unpaired) electrons. The molecule has 0 bridgehead atoms. The van der Waals surface area contributed by atoms with Gasteiger partial charge in [-0.05, 0) is 32.5 Å². The second-order valence-corrected chi connectivity index (χ2v) is 6.01. The van der Waals surface area contributed by atoms with E-state index in [0.717, 1.165) is 16.9 Å². The first-order chi connectivity index (χ1) is 11.5. The zero-order valence-corrected chi connectivity index (χ0v) is 14.9. The van der Waals surface area contributed by atoms with Gasteiger partial charge in [-0.25, -0.2) is 0 Å². The number of nitrogens with zero attached hydrogens (tertiary/aromatic N) is 1. The second kappa shape index (κ2) is 8.50. The zero-order valence-electron chi connectivity index (χ0n) is 14.9. The summed E-state index contributed by atoms with van der Waals surface area (Å²) in [4.78, 5) is 14.7. The maximum absolute atomic E-state index is 12.8. The zero-order chi connectivity index (χ0) is 17.5. The molecule has 0 aliphatic carbocycles. The molecule has 2 aromatic rings. The van der Waals surface area contributed by atoms with Crippen molar-refractivity contribution in [3.8, 4) is 5.75 Å². The van der Waals surface area contributed by atoms with Crippen molar-refractivity contribution in [1.82, 2.24) is 10.2 Å². The highest BCUT2D eigenvalue weighted by atomic mass is 16.5. The molecular weight excluding hydrogens is 300 g/mol. The van der Waals surface area contributed by atoms with Crippen molar-refractivity contribution in [1.29, 1.82) is 0 Å². The highest BCUT2D eigenvalue weighted by Crippen LogP contribution is 2.21. The lowest BCUT2D eigenvalue weighted by molar-refractivity contribution is -0.134. The Morgan fingerprint density at radius 2 is 1.92 bits per heavy atom. The smallest absolute Gasteiger partial charge is 0.240 e. The van der Waals surface area contributed by atoms with Crippen molar-refractivity contribution in [3.63, 3.8) is 0 Å². The van der Waals surface area contributed by atoms with Gasteiger partial charge in [0.15, 0.2) is 0 Å². The minimum absolute atomic E-state index is 0.0740. The van der Waals surface area contributed by atoms with Crippen molar-refractivity contribution < 1.29 is 9.53 Å². The Bertz CT molecular complexity index is 685. The molecule has 0 saturated carbocycles. The predicted molar refractivity (Wildman–Crippen MR) is 96.9 cm³/mol. The van der Waals surface area contributed by atoms with E-state index in [4.69, 9.17) is 4.74 Å². The summed E-state index contributed by atoms with van der Waals surface area (Å²) in [6.07, 6.45) is 0. The minimum atomic E-state index is -0.232. The third-order valence-electron chi connectivity index (χ3n) is 4.12. The summed E-state index contributed by atoms with van der Waals surface area (Å²) in [5, 5.41) is 3.03. The number of ether oxygens (including phenoxy) is 1. The number of aryl methyl sites for hydroxylation is 1. The molecule has 1 amide bonds.